The zero-order chi connectivity index (χ0) is 14.3. The fraction of sp³-hybridized carbons (Fsp3) is 0.500. The Labute approximate surface area is 131 Å². The van der Waals surface area contributed by atoms with E-state index in [-0.39, 0.29) is 5.02 Å². The highest BCUT2D eigenvalue weighted by atomic mass is 35.5. The van der Waals surface area contributed by atoms with Gasteiger partial charge in [-0.15, -0.1) is 11.6 Å². The van der Waals surface area contributed by atoms with Crippen LogP contribution in [0.15, 0.2) is 12.1 Å². The van der Waals surface area contributed by atoms with Gasteiger partial charge in [0.25, 0.3) is 0 Å². The summed E-state index contributed by atoms with van der Waals surface area (Å²) in [4.78, 5) is 4.52. The van der Waals surface area contributed by atoms with Gasteiger partial charge in [-0.25, -0.2) is 9.37 Å². The molecular weight excluding hydrogens is 318 g/mol. The first kappa shape index (κ1) is 14.5. The average molecular weight is 333 g/mol. The molecule has 0 spiro atoms. The van der Waals surface area contributed by atoms with Crippen molar-refractivity contribution >= 4 is 46.0 Å². The molecule has 2 aromatic rings. The molecule has 0 bridgehead atoms. The average Bonchev–Trinajstić information content (AvgIpc) is 3.02. The van der Waals surface area contributed by atoms with Gasteiger partial charge in [0.15, 0.2) is 0 Å². The van der Waals surface area contributed by atoms with Gasteiger partial charge in [0.05, 0.1) is 21.9 Å². The number of benzene rings is 1. The van der Waals surface area contributed by atoms with Crippen LogP contribution in [0.3, 0.4) is 0 Å². The smallest absolute Gasteiger partial charge is 0.144 e. The van der Waals surface area contributed by atoms with Gasteiger partial charge in [0.1, 0.15) is 11.6 Å². The Hall–Kier alpha value is -0.450. The van der Waals surface area contributed by atoms with Crippen molar-refractivity contribution in [3.8, 4) is 0 Å². The van der Waals surface area contributed by atoms with Crippen LogP contribution in [0, 0.1) is 5.82 Å². The normalized spacial score (nSPS) is 22.8. The second kappa shape index (κ2) is 5.74. The fourth-order valence-corrected chi connectivity index (χ4v) is 4.40. The van der Waals surface area contributed by atoms with E-state index in [0.717, 1.165) is 23.3 Å². The Morgan fingerprint density at radius 3 is 2.95 bits per heavy atom. The van der Waals surface area contributed by atoms with Crippen molar-refractivity contribution in [3.63, 3.8) is 0 Å². The topological polar surface area (TPSA) is 17.8 Å². The van der Waals surface area contributed by atoms with Crippen LogP contribution in [-0.4, -0.2) is 21.1 Å². The van der Waals surface area contributed by atoms with Gasteiger partial charge in [-0.3, -0.25) is 0 Å². The molecule has 1 aromatic carbocycles. The van der Waals surface area contributed by atoms with E-state index < -0.39 is 5.82 Å². The summed E-state index contributed by atoms with van der Waals surface area (Å²) in [5.74, 6) is 0.723. The molecular formula is C14H15Cl2FN2S. The summed E-state index contributed by atoms with van der Waals surface area (Å²) in [6, 6.07) is 3.41. The number of imidazole rings is 1. The summed E-state index contributed by atoms with van der Waals surface area (Å²) in [5.41, 5.74) is 1.52. The molecule has 1 aliphatic rings. The molecule has 2 unspecified atom stereocenters. The lowest BCUT2D eigenvalue weighted by molar-refractivity contribution is 0.526. The maximum absolute atomic E-state index is 13.8. The SMILES string of the molecule is CSC1CCCC1n1c(CCl)nc2cc(Cl)c(F)cc21. The fourth-order valence-electron chi connectivity index (χ4n) is 3.08. The number of rotatable bonds is 3. The van der Waals surface area contributed by atoms with Gasteiger partial charge in [-0.05, 0) is 25.2 Å². The number of hydrogen-bond acceptors (Lipinski definition) is 2. The Kier molecular flexibility index (Phi) is 4.16. The van der Waals surface area contributed by atoms with Gasteiger partial charge in [0.2, 0.25) is 0 Å². The molecule has 108 valence electrons. The first-order chi connectivity index (χ1) is 9.65. The van der Waals surface area contributed by atoms with Crippen molar-refractivity contribution in [1.82, 2.24) is 9.55 Å². The number of fused-ring (bicyclic) bond motifs is 1. The molecule has 0 aliphatic heterocycles. The summed E-state index contributed by atoms with van der Waals surface area (Å²) in [5, 5.41) is 0.643. The molecule has 0 saturated heterocycles. The number of aromatic nitrogens is 2. The predicted molar refractivity (Wildman–Crippen MR) is 84.4 cm³/mol. The number of hydrogen-bond donors (Lipinski definition) is 0. The zero-order valence-electron chi connectivity index (χ0n) is 11.1. The molecule has 1 saturated carbocycles. The van der Waals surface area contributed by atoms with Crippen molar-refractivity contribution in [2.24, 2.45) is 0 Å². The standard InChI is InChI=1S/C14H15Cl2FN2S/c1-20-13-4-2-3-11(13)19-12-6-9(17)8(16)5-10(12)18-14(19)7-15/h5-6,11,13H,2-4,7H2,1H3. The van der Waals surface area contributed by atoms with Crippen molar-refractivity contribution < 1.29 is 4.39 Å². The highest BCUT2D eigenvalue weighted by Crippen LogP contribution is 2.40. The lowest BCUT2D eigenvalue weighted by Gasteiger charge is -2.22. The molecule has 1 fully saturated rings. The van der Waals surface area contributed by atoms with Crippen LogP contribution in [0.4, 0.5) is 4.39 Å². The molecule has 0 amide bonds. The Morgan fingerprint density at radius 2 is 2.25 bits per heavy atom. The summed E-state index contributed by atoms with van der Waals surface area (Å²) in [6.07, 6.45) is 5.59. The molecule has 3 rings (SSSR count). The van der Waals surface area contributed by atoms with Gasteiger partial charge >= 0.3 is 0 Å². The minimum absolute atomic E-state index is 0.108. The van der Waals surface area contributed by atoms with E-state index in [4.69, 9.17) is 23.2 Å². The van der Waals surface area contributed by atoms with Crippen LogP contribution in [0.1, 0.15) is 31.1 Å². The lowest BCUT2D eigenvalue weighted by Crippen LogP contribution is -2.17. The monoisotopic (exact) mass is 332 g/mol. The third-order valence-electron chi connectivity index (χ3n) is 3.98. The number of thioether (sulfide) groups is 1. The molecule has 1 aliphatic carbocycles. The van der Waals surface area contributed by atoms with E-state index in [0.29, 0.717) is 17.2 Å². The minimum Gasteiger partial charge on any atom is -0.323 e. The largest absolute Gasteiger partial charge is 0.323 e. The molecule has 1 aromatic heterocycles. The van der Waals surface area contributed by atoms with Crippen LogP contribution in [0.2, 0.25) is 5.02 Å². The van der Waals surface area contributed by atoms with E-state index >= 15 is 0 Å². The van der Waals surface area contributed by atoms with E-state index in [1.165, 1.54) is 18.9 Å². The van der Waals surface area contributed by atoms with Crippen LogP contribution >= 0.6 is 35.0 Å². The first-order valence-corrected chi connectivity index (χ1v) is 8.80. The van der Waals surface area contributed by atoms with Crippen molar-refractivity contribution in [3.05, 3.63) is 28.8 Å². The van der Waals surface area contributed by atoms with Gasteiger partial charge in [-0.1, -0.05) is 18.0 Å². The quantitative estimate of drug-likeness (QED) is 0.734. The maximum Gasteiger partial charge on any atom is 0.144 e. The Morgan fingerprint density at radius 1 is 1.45 bits per heavy atom. The Balaban J connectivity index is 2.19. The third kappa shape index (κ3) is 2.32. The van der Waals surface area contributed by atoms with Gasteiger partial charge < -0.3 is 4.57 Å². The lowest BCUT2D eigenvalue weighted by atomic mass is 10.2. The summed E-state index contributed by atoms with van der Waals surface area (Å²) in [6.45, 7) is 0. The molecule has 2 nitrogen and oxygen atoms in total. The second-order valence-corrected chi connectivity index (χ2v) is 6.81. The molecule has 0 N–H and O–H groups in total. The molecule has 1 heterocycles. The zero-order valence-corrected chi connectivity index (χ0v) is 13.4. The second-order valence-electron chi connectivity index (χ2n) is 5.06. The minimum atomic E-state index is -0.403. The summed E-state index contributed by atoms with van der Waals surface area (Å²) >= 11 is 13.7. The van der Waals surface area contributed by atoms with E-state index in [2.05, 4.69) is 15.8 Å². The number of halogens is 3. The number of nitrogens with zero attached hydrogens (tertiary/aromatic N) is 2. The number of alkyl halides is 1. The molecule has 2 atom stereocenters. The van der Waals surface area contributed by atoms with Gasteiger partial charge in [-0.2, -0.15) is 11.8 Å². The predicted octanol–water partition coefficient (Wildman–Crippen LogP) is 5.02. The third-order valence-corrected chi connectivity index (χ3v) is 5.66. The first-order valence-electron chi connectivity index (χ1n) is 6.60. The highest BCUT2D eigenvalue weighted by molar-refractivity contribution is 7.99. The summed E-state index contributed by atoms with van der Waals surface area (Å²) in [7, 11) is 0. The molecule has 0 radical (unpaired) electrons. The van der Waals surface area contributed by atoms with E-state index in [1.54, 1.807) is 6.07 Å². The highest BCUT2D eigenvalue weighted by Gasteiger charge is 2.31. The maximum atomic E-state index is 13.8. The van der Waals surface area contributed by atoms with Crippen LogP contribution in [0.25, 0.3) is 11.0 Å². The summed E-state index contributed by atoms with van der Waals surface area (Å²) < 4.78 is 15.9. The van der Waals surface area contributed by atoms with E-state index in [1.807, 2.05) is 11.8 Å². The Bertz CT molecular complexity index is 644. The van der Waals surface area contributed by atoms with E-state index in [9.17, 15) is 4.39 Å². The van der Waals surface area contributed by atoms with Crippen LogP contribution in [0.5, 0.6) is 0 Å². The van der Waals surface area contributed by atoms with Gasteiger partial charge in [0, 0.05) is 17.4 Å². The van der Waals surface area contributed by atoms with Crippen LogP contribution < -0.4 is 0 Å². The van der Waals surface area contributed by atoms with Crippen LogP contribution in [-0.2, 0) is 5.88 Å². The van der Waals surface area contributed by atoms with Crippen molar-refractivity contribution in [1.29, 1.82) is 0 Å². The van der Waals surface area contributed by atoms with Crippen molar-refractivity contribution in [2.45, 2.75) is 36.4 Å². The molecule has 20 heavy (non-hydrogen) atoms. The van der Waals surface area contributed by atoms with Crippen molar-refractivity contribution in [2.75, 3.05) is 6.26 Å². The molecule has 6 heteroatoms.